The minimum atomic E-state index is 1.08. The maximum atomic E-state index is 2.53. The van der Waals surface area contributed by atoms with E-state index in [1.807, 2.05) is 23.5 Å². The second-order valence-electron chi connectivity index (χ2n) is 9.78. The van der Waals surface area contributed by atoms with Crippen LogP contribution in [-0.4, -0.2) is 12.5 Å². The van der Waals surface area contributed by atoms with Crippen LogP contribution in [0, 0.1) is 0 Å². The van der Waals surface area contributed by atoms with Crippen LogP contribution in [0.4, 0.5) is 0 Å². The summed E-state index contributed by atoms with van der Waals surface area (Å²) in [4.78, 5) is 0. The van der Waals surface area contributed by atoms with Crippen molar-refractivity contribution in [2.24, 2.45) is 0 Å². The fourth-order valence-corrected chi connectivity index (χ4v) is 7.29. The van der Waals surface area contributed by atoms with E-state index in [4.69, 9.17) is 0 Å². The number of fused-ring (bicyclic) bond motifs is 1. The molecule has 5 aromatic rings. The van der Waals surface area contributed by atoms with Crippen LogP contribution in [0.5, 0.6) is 0 Å². The van der Waals surface area contributed by atoms with E-state index in [0.29, 0.717) is 0 Å². The molecular formula is C36H32NS2+. The molecule has 1 aromatic heterocycles. The topological polar surface area (TPSA) is 3.88 Å². The Morgan fingerprint density at radius 2 is 1.13 bits per heavy atom. The maximum Gasteiger partial charge on any atom is 0.220 e. The first-order chi connectivity index (χ1) is 19.3. The van der Waals surface area contributed by atoms with Crippen molar-refractivity contribution in [2.45, 2.75) is 19.3 Å². The summed E-state index contributed by atoms with van der Waals surface area (Å²) in [5.74, 6) is 0. The van der Waals surface area contributed by atoms with Gasteiger partial charge in [-0.2, -0.15) is 4.57 Å². The highest BCUT2D eigenvalue weighted by molar-refractivity contribution is 8.21. The summed E-state index contributed by atoms with van der Waals surface area (Å²) in [7, 11) is 0. The fraction of sp³-hybridized carbons (Fsp3) is 0.139. The Kier molecular flexibility index (Phi) is 7.71. The van der Waals surface area contributed by atoms with Crippen LogP contribution in [0.1, 0.15) is 24.1 Å². The number of allylic oxidation sites excluding steroid dienone is 1. The monoisotopic (exact) mass is 542 g/mol. The molecule has 192 valence electrons. The van der Waals surface area contributed by atoms with Crippen molar-refractivity contribution in [3.63, 3.8) is 0 Å². The Bertz CT molecular complexity index is 1600. The molecule has 1 nitrogen and oxygen atoms in total. The summed E-state index contributed by atoms with van der Waals surface area (Å²) < 4.78 is 3.95. The number of rotatable bonds is 6. The molecule has 0 saturated heterocycles. The van der Waals surface area contributed by atoms with Crippen molar-refractivity contribution in [3.8, 4) is 39.2 Å². The lowest BCUT2D eigenvalue weighted by Crippen LogP contribution is -2.40. The van der Waals surface area contributed by atoms with Crippen molar-refractivity contribution >= 4 is 29.1 Å². The summed E-state index contributed by atoms with van der Waals surface area (Å²) in [6.07, 6.45) is 7.77. The Morgan fingerprint density at radius 1 is 0.590 bits per heavy atom. The van der Waals surface area contributed by atoms with Gasteiger partial charge >= 0.3 is 0 Å². The SMILES string of the molecule is CSC(SC)=C1CCCc2c(-c3ccccc3)cc(-c3ccccc3)[n+](-c3ccc(-c4ccccc4)cc3)c21. The minimum Gasteiger partial charge on any atom is -0.153 e. The van der Waals surface area contributed by atoms with Gasteiger partial charge in [-0.1, -0.05) is 78.9 Å². The van der Waals surface area contributed by atoms with Crippen molar-refractivity contribution in [2.75, 3.05) is 12.5 Å². The number of thioether (sulfide) groups is 2. The summed E-state index contributed by atoms with van der Waals surface area (Å²) in [6.45, 7) is 0. The molecule has 0 bridgehead atoms. The molecule has 6 rings (SSSR count). The lowest BCUT2D eigenvalue weighted by molar-refractivity contribution is -0.587. The lowest BCUT2D eigenvalue weighted by atomic mass is 9.85. The Labute approximate surface area is 240 Å². The van der Waals surface area contributed by atoms with E-state index in [1.165, 1.54) is 66.7 Å². The summed E-state index contributed by atoms with van der Waals surface area (Å²) >= 11 is 3.75. The van der Waals surface area contributed by atoms with Crippen molar-refractivity contribution in [1.29, 1.82) is 0 Å². The minimum absolute atomic E-state index is 1.08. The van der Waals surface area contributed by atoms with Crippen LogP contribution in [0.25, 0.3) is 44.8 Å². The molecule has 0 saturated carbocycles. The quantitative estimate of drug-likeness (QED) is 0.197. The van der Waals surface area contributed by atoms with Gasteiger partial charge in [-0.05, 0) is 78.3 Å². The zero-order chi connectivity index (χ0) is 26.6. The van der Waals surface area contributed by atoms with Crippen LogP contribution in [-0.2, 0) is 6.42 Å². The third-order valence-corrected chi connectivity index (χ3v) is 9.73. The number of aromatic nitrogens is 1. The first-order valence-electron chi connectivity index (χ1n) is 13.5. The van der Waals surface area contributed by atoms with Crippen molar-refractivity contribution in [3.05, 3.63) is 137 Å². The van der Waals surface area contributed by atoms with Crippen molar-refractivity contribution in [1.82, 2.24) is 0 Å². The van der Waals surface area contributed by atoms with E-state index < -0.39 is 0 Å². The van der Waals surface area contributed by atoms with Crippen LogP contribution in [0.15, 0.2) is 126 Å². The van der Waals surface area contributed by atoms with Gasteiger partial charge < -0.3 is 0 Å². The lowest BCUT2D eigenvalue weighted by Gasteiger charge is -2.24. The number of benzene rings is 4. The van der Waals surface area contributed by atoms with E-state index in [9.17, 15) is 0 Å². The first-order valence-corrected chi connectivity index (χ1v) is 15.9. The Balaban J connectivity index is 1.68. The highest BCUT2D eigenvalue weighted by atomic mass is 32.2. The fourth-order valence-electron chi connectivity index (χ4n) is 5.73. The molecule has 0 atom stereocenters. The number of hydrogen-bond acceptors (Lipinski definition) is 2. The normalized spacial score (nSPS) is 12.7. The molecule has 1 heterocycles. The molecule has 0 unspecified atom stereocenters. The van der Waals surface area contributed by atoms with Gasteiger partial charge in [0.2, 0.25) is 17.1 Å². The van der Waals surface area contributed by atoms with Gasteiger partial charge in [0.1, 0.15) is 0 Å². The Morgan fingerprint density at radius 3 is 1.72 bits per heavy atom. The van der Waals surface area contributed by atoms with Crippen molar-refractivity contribution < 1.29 is 4.57 Å². The molecule has 39 heavy (non-hydrogen) atoms. The van der Waals surface area contributed by atoms with E-state index in [0.717, 1.165) is 12.8 Å². The zero-order valence-electron chi connectivity index (χ0n) is 22.4. The number of nitrogens with zero attached hydrogens (tertiary/aromatic N) is 1. The second-order valence-corrected chi connectivity index (χ2v) is 11.7. The van der Waals surface area contributed by atoms with Gasteiger partial charge in [-0.3, -0.25) is 0 Å². The predicted molar refractivity (Wildman–Crippen MR) is 171 cm³/mol. The molecule has 0 radical (unpaired) electrons. The summed E-state index contributed by atoms with van der Waals surface area (Å²) in [5, 5.41) is 0. The van der Waals surface area contributed by atoms with Gasteiger partial charge in [0.05, 0.1) is 0 Å². The molecule has 0 amide bonds. The molecule has 0 spiro atoms. The second kappa shape index (κ2) is 11.7. The number of hydrogen-bond donors (Lipinski definition) is 0. The highest BCUT2D eigenvalue weighted by Gasteiger charge is 2.34. The molecule has 1 aliphatic rings. The van der Waals surface area contributed by atoms with Crippen LogP contribution < -0.4 is 4.57 Å². The standard InChI is InChI=1S/C36H32NS2/c1-38-36(39-2)32-20-12-19-31-33(28-15-8-4-9-16-28)25-34(29-17-10-5-11-18-29)37(35(31)32)30-23-21-27(22-24-30)26-13-6-3-7-14-26/h3-11,13-18,21-25H,12,19-20H2,1-2H3/q+1. The van der Waals surface area contributed by atoms with E-state index in [-0.39, 0.29) is 0 Å². The maximum absolute atomic E-state index is 2.53. The van der Waals surface area contributed by atoms with Gasteiger partial charge in [0.15, 0.2) is 0 Å². The molecule has 4 aromatic carbocycles. The molecule has 1 aliphatic carbocycles. The van der Waals surface area contributed by atoms with E-state index in [2.05, 4.69) is 138 Å². The van der Waals surface area contributed by atoms with Gasteiger partial charge in [0.25, 0.3) is 0 Å². The van der Waals surface area contributed by atoms with Gasteiger partial charge in [-0.15, -0.1) is 23.5 Å². The third-order valence-electron chi connectivity index (χ3n) is 7.50. The Hall–Kier alpha value is -3.53. The zero-order valence-corrected chi connectivity index (χ0v) is 24.1. The van der Waals surface area contributed by atoms with E-state index in [1.54, 1.807) is 0 Å². The third kappa shape index (κ3) is 5.09. The van der Waals surface area contributed by atoms with Gasteiger partial charge in [0, 0.05) is 39.1 Å². The largest absolute Gasteiger partial charge is 0.220 e. The van der Waals surface area contributed by atoms with Crippen LogP contribution >= 0.6 is 23.5 Å². The summed E-state index contributed by atoms with van der Waals surface area (Å²) in [6, 6.07) is 44.0. The smallest absolute Gasteiger partial charge is 0.153 e. The summed E-state index contributed by atoms with van der Waals surface area (Å²) in [5.41, 5.74) is 13.1. The highest BCUT2D eigenvalue weighted by Crippen LogP contribution is 2.43. The first kappa shape index (κ1) is 25.7. The average Bonchev–Trinajstić information content (AvgIpc) is 3.02. The van der Waals surface area contributed by atoms with Crippen LogP contribution in [0.3, 0.4) is 0 Å². The molecule has 0 fully saturated rings. The molecular weight excluding hydrogens is 511 g/mol. The average molecular weight is 543 g/mol. The van der Waals surface area contributed by atoms with E-state index >= 15 is 0 Å². The molecule has 0 aliphatic heterocycles. The van der Waals surface area contributed by atoms with Gasteiger partial charge in [-0.25, -0.2) is 0 Å². The predicted octanol–water partition coefficient (Wildman–Crippen LogP) is 9.70. The molecule has 3 heteroatoms. The molecule has 0 N–H and O–H groups in total. The number of pyridine rings is 1. The van der Waals surface area contributed by atoms with Crippen LogP contribution in [0.2, 0.25) is 0 Å².